The summed E-state index contributed by atoms with van der Waals surface area (Å²) in [7, 11) is 0. The second-order valence-corrected chi connectivity index (χ2v) is 3.76. The molecule has 0 aliphatic heterocycles. The van der Waals surface area contributed by atoms with E-state index in [1.165, 1.54) is 5.56 Å². The molecule has 0 spiro atoms. The first kappa shape index (κ1) is 11.2. The minimum atomic E-state index is 0.0939. The summed E-state index contributed by atoms with van der Waals surface area (Å²) in [6.45, 7) is 3.85. The topological polar surface area (TPSA) is 0 Å². The average Bonchev–Trinajstić information content (AvgIpc) is 2.42. The van der Waals surface area contributed by atoms with Gasteiger partial charge in [0.25, 0.3) is 0 Å². The van der Waals surface area contributed by atoms with Crippen LogP contribution in [0.25, 0.3) is 0 Å². The quantitative estimate of drug-likeness (QED) is 0.528. The first-order valence-corrected chi connectivity index (χ1v) is 5.64. The molecule has 0 aliphatic carbocycles. The van der Waals surface area contributed by atoms with Gasteiger partial charge in [-0.3, -0.25) is 0 Å². The zero-order chi connectivity index (χ0) is 11.9. The molecule has 0 bridgehead atoms. The lowest BCUT2D eigenvalue weighted by Crippen LogP contribution is -1.90. The highest BCUT2D eigenvalue weighted by Gasteiger charge is 2.01. The Hall–Kier alpha value is -2.26. The maximum atomic E-state index is 3.85. The molecule has 0 aliphatic rings. The Morgan fingerprint density at radius 2 is 1.47 bits per heavy atom. The number of benzene rings is 2. The van der Waals surface area contributed by atoms with Crippen LogP contribution in [0.4, 0.5) is 0 Å². The molecule has 2 rings (SSSR count). The molecule has 0 saturated heterocycles. The summed E-state index contributed by atoms with van der Waals surface area (Å²) < 4.78 is 0. The molecule has 0 unspecified atom stereocenters. The Balaban J connectivity index is 2.23. The second kappa shape index (κ2) is 5.72. The maximum Gasteiger partial charge on any atom is 0.0633 e. The van der Waals surface area contributed by atoms with E-state index in [1.807, 2.05) is 54.6 Å². The highest BCUT2D eigenvalue weighted by molar-refractivity contribution is 5.39. The molecule has 0 radical (unpaired) electrons. The van der Waals surface area contributed by atoms with E-state index in [4.69, 9.17) is 0 Å². The van der Waals surface area contributed by atoms with E-state index in [0.29, 0.717) is 0 Å². The fourth-order valence-electron chi connectivity index (χ4n) is 1.62. The summed E-state index contributed by atoms with van der Waals surface area (Å²) in [5.41, 5.74) is 2.22. The lowest BCUT2D eigenvalue weighted by Gasteiger charge is -2.04. The van der Waals surface area contributed by atoms with Gasteiger partial charge in [0.15, 0.2) is 0 Å². The van der Waals surface area contributed by atoms with E-state index in [1.54, 1.807) is 0 Å². The van der Waals surface area contributed by atoms with Crippen molar-refractivity contribution in [2.24, 2.45) is 0 Å². The molecule has 0 amide bonds. The molecule has 0 saturated carbocycles. The van der Waals surface area contributed by atoms with Gasteiger partial charge in [0, 0.05) is 5.56 Å². The Morgan fingerprint density at radius 1 is 0.882 bits per heavy atom. The highest BCUT2D eigenvalue weighted by Crippen LogP contribution is 2.15. The lowest BCUT2D eigenvalue weighted by atomic mass is 9.99. The van der Waals surface area contributed by atoms with Crippen LogP contribution in [0.5, 0.6) is 0 Å². The van der Waals surface area contributed by atoms with Crippen LogP contribution in [0.2, 0.25) is 0 Å². The Labute approximate surface area is 103 Å². The van der Waals surface area contributed by atoms with Gasteiger partial charge in [-0.1, -0.05) is 66.4 Å². The van der Waals surface area contributed by atoms with Crippen molar-refractivity contribution >= 4 is 0 Å². The van der Waals surface area contributed by atoms with Gasteiger partial charge >= 0.3 is 0 Å². The van der Waals surface area contributed by atoms with E-state index in [-0.39, 0.29) is 5.92 Å². The van der Waals surface area contributed by atoms with Crippen molar-refractivity contribution < 1.29 is 0 Å². The minimum absolute atomic E-state index is 0.0939. The monoisotopic (exact) mass is 218 g/mol. The molecular formula is C17H14. The van der Waals surface area contributed by atoms with Crippen LogP contribution in [0, 0.1) is 11.8 Å². The van der Waals surface area contributed by atoms with Crippen molar-refractivity contribution in [2.75, 3.05) is 0 Å². The van der Waals surface area contributed by atoms with Crippen molar-refractivity contribution in [3.8, 4) is 11.8 Å². The summed E-state index contributed by atoms with van der Waals surface area (Å²) in [4.78, 5) is 0. The normalized spacial score (nSPS) is 11.1. The van der Waals surface area contributed by atoms with E-state index in [0.717, 1.165) is 5.56 Å². The molecule has 0 nitrogen and oxygen atoms in total. The first-order valence-electron chi connectivity index (χ1n) is 5.64. The van der Waals surface area contributed by atoms with E-state index < -0.39 is 0 Å². The highest BCUT2D eigenvalue weighted by atomic mass is 14.0. The van der Waals surface area contributed by atoms with Gasteiger partial charge in [-0.2, -0.15) is 0 Å². The van der Waals surface area contributed by atoms with Crippen molar-refractivity contribution in [1.82, 2.24) is 0 Å². The summed E-state index contributed by atoms with van der Waals surface area (Å²) in [5.74, 6) is 6.50. The summed E-state index contributed by atoms with van der Waals surface area (Å²) in [6, 6.07) is 20.2. The van der Waals surface area contributed by atoms with Crippen molar-refractivity contribution in [2.45, 2.75) is 5.92 Å². The van der Waals surface area contributed by atoms with Crippen molar-refractivity contribution in [3.63, 3.8) is 0 Å². The predicted octanol–water partition coefficient (Wildman–Crippen LogP) is 4.01. The summed E-state index contributed by atoms with van der Waals surface area (Å²) >= 11 is 0. The second-order valence-electron chi connectivity index (χ2n) is 3.76. The number of hydrogen-bond donors (Lipinski definition) is 0. The number of hydrogen-bond acceptors (Lipinski definition) is 0. The van der Waals surface area contributed by atoms with Crippen molar-refractivity contribution in [3.05, 3.63) is 84.4 Å². The molecule has 2 aromatic carbocycles. The Bertz CT molecular complexity index is 527. The maximum absolute atomic E-state index is 3.85. The lowest BCUT2D eigenvalue weighted by molar-refractivity contribution is 1.13. The van der Waals surface area contributed by atoms with Gasteiger partial charge in [-0.25, -0.2) is 0 Å². The third-order valence-electron chi connectivity index (χ3n) is 2.54. The van der Waals surface area contributed by atoms with E-state index >= 15 is 0 Å². The average molecular weight is 218 g/mol. The molecule has 0 N–H and O–H groups in total. The van der Waals surface area contributed by atoms with E-state index in [2.05, 4.69) is 30.6 Å². The van der Waals surface area contributed by atoms with Gasteiger partial charge in [0.05, 0.1) is 5.92 Å². The number of rotatable bonds is 2. The molecular weight excluding hydrogens is 204 g/mol. The SMILES string of the molecule is C=C[C@@H](C#Cc1ccccc1)c1ccccc1. The Kier molecular flexibility index (Phi) is 3.78. The molecule has 0 aromatic heterocycles. The smallest absolute Gasteiger partial charge is 0.0633 e. The van der Waals surface area contributed by atoms with Gasteiger partial charge in [0.1, 0.15) is 0 Å². The van der Waals surface area contributed by atoms with E-state index in [9.17, 15) is 0 Å². The number of allylic oxidation sites excluding steroid dienone is 1. The molecule has 17 heavy (non-hydrogen) atoms. The zero-order valence-electron chi connectivity index (χ0n) is 9.64. The molecule has 1 atom stereocenters. The molecule has 82 valence electrons. The third-order valence-corrected chi connectivity index (χ3v) is 2.54. The fraction of sp³-hybridized carbons (Fsp3) is 0.0588. The van der Waals surface area contributed by atoms with Crippen LogP contribution in [0.3, 0.4) is 0 Å². The van der Waals surface area contributed by atoms with Crippen LogP contribution in [-0.4, -0.2) is 0 Å². The zero-order valence-corrected chi connectivity index (χ0v) is 9.64. The van der Waals surface area contributed by atoms with Gasteiger partial charge in [0.2, 0.25) is 0 Å². The predicted molar refractivity (Wildman–Crippen MR) is 72.7 cm³/mol. The van der Waals surface area contributed by atoms with Gasteiger partial charge in [-0.15, -0.1) is 6.58 Å². The van der Waals surface area contributed by atoms with Crippen LogP contribution in [-0.2, 0) is 0 Å². The molecule has 2 aromatic rings. The van der Waals surface area contributed by atoms with Crippen molar-refractivity contribution in [1.29, 1.82) is 0 Å². The van der Waals surface area contributed by atoms with Crippen LogP contribution >= 0.6 is 0 Å². The van der Waals surface area contributed by atoms with Crippen LogP contribution < -0.4 is 0 Å². The summed E-state index contributed by atoms with van der Waals surface area (Å²) in [6.07, 6.45) is 1.88. The largest absolute Gasteiger partial charge is 0.102 e. The fourth-order valence-corrected chi connectivity index (χ4v) is 1.62. The minimum Gasteiger partial charge on any atom is -0.102 e. The van der Waals surface area contributed by atoms with Gasteiger partial charge < -0.3 is 0 Å². The third kappa shape index (κ3) is 3.09. The Morgan fingerprint density at radius 3 is 2.06 bits per heavy atom. The molecule has 0 heterocycles. The van der Waals surface area contributed by atoms with Crippen LogP contribution in [0.15, 0.2) is 73.3 Å². The first-order chi connectivity index (χ1) is 8.40. The van der Waals surface area contributed by atoms with Gasteiger partial charge in [-0.05, 0) is 17.7 Å². The molecule has 0 heteroatoms. The molecule has 0 fully saturated rings. The standard InChI is InChI=1S/C17H14/c1-2-16(17-11-7-4-8-12-17)14-13-15-9-5-3-6-10-15/h2-12,16H,1H2/t16-/m0/s1. The van der Waals surface area contributed by atoms with Crippen LogP contribution in [0.1, 0.15) is 17.0 Å². The summed E-state index contributed by atoms with van der Waals surface area (Å²) in [5, 5.41) is 0.